The number of rotatable bonds is 4. The predicted molar refractivity (Wildman–Crippen MR) is 80.4 cm³/mol. The molecule has 1 aromatic rings. The van der Waals surface area contributed by atoms with E-state index in [1.165, 1.54) is 12.5 Å². The molecule has 0 atom stereocenters. The molecule has 0 saturated heterocycles. The zero-order valence-corrected chi connectivity index (χ0v) is 13.3. The summed E-state index contributed by atoms with van der Waals surface area (Å²) in [6.45, 7) is 0.429. The van der Waals surface area contributed by atoms with E-state index in [1.54, 1.807) is 0 Å². The molecule has 1 fully saturated rings. The van der Waals surface area contributed by atoms with Crippen molar-refractivity contribution in [3.63, 3.8) is 0 Å². The van der Waals surface area contributed by atoms with Crippen molar-refractivity contribution in [3.8, 4) is 0 Å². The molecule has 1 N–H and O–H groups in total. The van der Waals surface area contributed by atoms with Crippen molar-refractivity contribution >= 4 is 21.6 Å². The number of halogens is 4. The average Bonchev–Trinajstić information content (AvgIpc) is 2.45. The normalized spacial score (nSPS) is 17.0. The first kappa shape index (κ1) is 16.6. The van der Waals surface area contributed by atoms with Crippen molar-refractivity contribution in [1.82, 2.24) is 0 Å². The largest absolute Gasteiger partial charge is 0.416 e. The fourth-order valence-electron chi connectivity index (χ4n) is 2.92. The Balaban J connectivity index is 2.27. The monoisotopic (exact) mass is 365 g/mol. The summed E-state index contributed by atoms with van der Waals surface area (Å²) < 4.78 is 38.6. The first-order chi connectivity index (χ1) is 9.93. The Morgan fingerprint density at radius 1 is 1.19 bits per heavy atom. The first-order valence-electron chi connectivity index (χ1n) is 7.17. The summed E-state index contributed by atoms with van der Waals surface area (Å²) in [5, 5.41) is 9.27. The van der Waals surface area contributed by atoms with Crippen LogP contribution in [0.1, 0.15) is 37.7 Å². The van der Waals surface area contributed by atoms with Crippen LogP contribution in [0.5, 0.6) is 0 Å². The third-order valence-corrected chi connectivity index (χ3v) is 4.58. The smallest absolute Gasteiger partial charge is 0.395 e. The quantitative estimate of drug-likeness (QED) is 0.842. The molecule has 0 heterocycles. The van der Waals surface area contributed by atoms with Gasteiger partial charge in [-0.1, -0.05) is 19.3 Å². The highest BCUT2D eigenvalue weighted by Crippen LogP contribution is 2.37. The Morgan fingerprint density at radius 2 is 1.86 bits per heavy atom. The maximum atomic E-state index is 12.7. The molecule has 2 rings (SSSR count). The molecule has 1 aliphatic carbocycles. The third kappa shape index (κ3) is 4.13. The molecule has 0 bridgehead atoms. The Hall–Kier alpha value is -0.750. The molecular weight excluding hydrogens is 347 g/mol. The highest BCUT2D eigenvalue weighted by atomic mass is 79.9. The molecule has 118 valence electrons. The second kappa shape index (κ2) is 7.01. The number of nitrogens with zero attached hydrogens (tertiary/aromatic N) is 1. The van der Waals surface area contributed by atoms with Crippen LogP contribution >= 0.6 is 15.9 Å². The SMILES string of the molecule is OCCN(c1ccc(C(F)(F)F)cc1Br)C1CCCCC1. The molecule has 0 radical (unpaired) electrons. The van der Waals surface area contributed by atoms with Crippen LogP contribution in [0.25, 0.3) is 0 Å². The van der Waals surface area contributed by atoms with E-state index in [1.807, 2.05) is 4.90 Å². The fraction of sp³-hybridized carbons (Fsp3) is 0.600. The van der Waals surface area contributed by atoms with Crippen molar-refractivity contribution in [2.75, 3.05) is 18.1 Å². The van der Waals surface area contributed by atoms with Gasteiger partial charge in [0.15, 0.2) is 0 Å². The van der Waals surface area contributed by atoms with E-state index < -0.39 is 11.7 Å². The number of anilines is 1. The molecule has 2 nitrogen and oxygen atoms in total. The minimum absolute atomic E-state index is 0.00996. The van der Waals surface area contributed by atoms with Crippen LogP contribution in [0.2, 0.25) is 0 Å². The van der Waals surface area contributed by atoms with E-state index in [0.717, 1.165) is 43.5 Å². The Labute approximate surface area is 131 Å². The van der Waals surface area contributed by atoms with Crippen molar-refractivity contribution in [1.29, 1.82) is 0 Å². The molecule has 1 aromatic carbocycles. The molecule has 0 spiro atoms. The lowest BCUT2D eigenvalue weighted by molar-refractivity contribution is -0.137. The molecule has 21 heavy (non-hydrogen) atoms. The average molecular weight is 366 g/mol. The predicted octanol–water partition coefficient (Wildman–Crippen LogP) is 4.60. The van der Waals surface area contributed by atoms with Gasteiger partial charge in [0.1, 0.15) is 0 Å². The number of hydrogen-bond donors (Lipinski definition) is 1. The highest BCUT2D eigenvalue weighted by Gasteiger charge is 2.31. The number of alkyl halides is 3. The highest BCUT2D eigenvalue weighted by molar-refractivity contribution is 9.10. The van der Waals surface area contributed by atoms with Crippen molar-refractivity contribution < 1.29 is 18.3 Å². The van der Waals surface area contributed by atoms with E-state index in [9.17, 15) is 18.3 Å². The Kier molecular flexibility index (Phi) is 5.54. The van der Waals surface area contributed by atoms with E-state index >= 15 is 0 Å². The molecule has 0 aliphatic heterocycles. The molecule has 6 heteroatoms. The van der Waals surface area contributed by atoms with Gasteiger partial charge in [-0.3, -0.25) is 0 Å². The van der Waals surface area contributed by atoms with Gasteiger partial charge in [0.25, 0.3) is 0 Å². The van der Waals surface area contributed by atoms with Gasteiger partial charge in [0.05, 0.1) is 17.9 Å². The van der Waals surface area contributed by atoms with Gasteiger partial charge in [-0.05, 0) is 47.0 Å². The van der Waals surface area contributed by atoms with Crippen molar-refractivity contribution in [2.45, 2.75) is 44.3 Å². The molecular formula is C15H19BrF3NO. The Bertz CT molecular complexity index is 472. The number of aliphatic hydroxyl groups is 1. The van der Waals surface area contributed by atoms with E-state index in [4.69, 9.17) is 0 Å². The molecule has 0 amide bonds. The Morgan fingerprint density at radius 3 is 2.38 bits per heavy atom. The number of aliphatic hydroxyl groups excluding tert-OH is 1. The van der Waals surface area contributed by atoms with Crippen LogP contribution < -0.4 is 4.90 Å². The van der Waals surface area contributed by atoms with Crippen molar-refractivity contribution in [2.24, 2.45) is 0 Å². The standard InChI is InChI=1S/C15H19BrF3NO/c16-13-10-11(15(17,18)19)6-7-14(13)20(8-9-21)12-4-2-1-3-5-12/h6-7,10,12,21H,1-5,8-9H2. The van der Waals surface area contributed by atoms with Crippen LogP contribution in [0.3, 0.4) is 0 Å². The maximum absolute atomic E-state index is 12.7. The van der Waals surface area contributed by atoms with Crippen LogP contribution in [-0.2, 0) is 6.18 Å². The second-order valence-corrected chi connectivity index (χ2v) is 6.23. The molecule has 1 saturated carbocycles. The van der Waals surface area contributed by atoms with Gasteiger partial charge in [-0.2, -0.15) is 13.2 Å². The summed E-state index contributed by atoms with van der Waals surface area (Å²) in [4.78, 5) is 2.03. The zero-order chi connectivity index (χ0) is 15.5. The van der Waals surface area contributed by atoms with Gasteiger partial charge in [0, 0.05) is 17.1 Å². The van der Waals surface area contributed by atoms with Crippen molar-refractivity contribution in [3.05, 3.63) is 28.2 Å². The minimum Gasteiger partial charge on any atom is -0.395 e. The lowest BCUT2D eigenvalue weighted by Crippen LogP contribution is -2.39. The first-order valence-corrected chi connectivity index (χ1v) is 7.97. The molecule has 0 unspecified atom stereocenters. The zero-order valence-electron chi connectivity index (χ0n) is 11.7. The summed E-state index contributed by atoms with van der Waals surface area (Å²) in [6.07, 6.45) is 1.17. The summed E-state index contributed by atoms with van der Waals surface area (Å²) in [6, 6.07) is 4.01. The lowest BCUT2D eigenvalue weighted by atomic mass is 9.93. The second-order valence-electron chi connectivity index (χ2n) is 5.37. The minimum atomic E-state index is -4.34. The summed E-state index contributed by atoms with van der Waals surface area (Å²) in [7, 11) is 0. The van der Waals surface area contributed by atoms with Crippen LogP contribution in [-0.4, -0.2) is 24.3 Å². The summed E-state index contributed by atoms with van der Waals surface area (Å²) in [5.41, 5.74) is 0.0645. The van der Waals surface area contributed by atoms with E-state index in [2.05, 4.69) is 15.9 Å². The maximum Gasteiger partial charge on any atom is 0.416 e. The fourth-order valence-corrected chi connectivity index (χ4v) is 3.52. The van der Waals surface area contributed by atoms with Gasteiger partial charge >= 0.3 is 6.18 Å². The molecule has 0 aromatic heterocycles. The topological polar surface area (TPSA) is 23.5 Å². The van der Waals surface area contributed by atoms with E-state index in [0.29, 0.717) is 17.1 Å². The van der Waals surface area contributed by atoms with Crippen LogP contribution in [0.4, 0.5) is 18.9 Å². The number of hydrogen-bond acceptors (Lipinski definition) is 2. The van der Waals surface area contributed by atoms with Gasteiger partial charge in [-0.25, -0.2) is 0 Å². The number of benzene rings is 1. The molecule has 1 aliphatic rings. The van der Waals surface area contributed by atoms with Gasteiger partial charge in [-0.15, -0.1) is 0 Å². The van der Waals surface area contributed by atoms with Gasteiger partial charge in [0.2, 0.25) is 0 Å². The van der Waals surface area contributed by atoms with Crippen LogP contribution in [0, 0.1) is 0 Å². The lowest BCUT2D eigenvalue weighted by Gasteiger charge is -2.36. The summed E-state index contributed by atoms with van der Waals surface area (Å²) >= 11 is 3.25. The van der Waals surface area contributed by atoms with Gasteiger partial charge < -0.3 is 10.0 Å². The van der Waals surface area contributed by atoms with Crippen LogP contribution in [0.15, 0.2) is 22.7 Å². The summed E-state index contributed by atoms with van der Waals surface area (Å²) in [5.74, 6) is 0. The third-order valence-electron chi connectivity index (χ3n) is 3.94. The van der Waals surface area contributed by atoms with E-state index in [-0.39, 0.29) is 6.61 Å².